The van der Waals surface area contributed by atoms with Crippen LogP contribution in [-0.4, -0.2) is 43.3 Å². The first-order valence-corrected chi connectivity index (χ1v) is 10.1. The molecule has 3 heterocycles. The van der Waals surface area contributed by atoms with E-state index in [0.29, 0.717) is 17.5 Å². The van der Waals surface area contributed by atoms with E-state index in [0.717, 1.165) is 28.9 Å². The summed E-state index contributed by atoms with van der Waals surface area (Å²) in [6.45, 7) is 7.87. The molecule has 32 heavy (non-hydrogen) atoms. The van der Waals surface area contributed by atoms with Crippen LogP contribution < -0.4 is 15.2 Å². The second-order valence-electron chi connectivity index (χ2n) is 7.35. The lowest BCUT2D eigenvalue weighted by atomic mass is 10.2. The maximum Gasteiger partial charge on any atom is 0.320 e. The lowest BCUT2D eigenvalue weighted by Gasteiger charge is -2.08. The van der Waals surface area contributed by atoms with Crippen molar-refractivity contribution in [2.75, 3.05) is 6.61 Å². The van der Waals surface area contributed by atoms with Gasteiger partial charge in [0, 0.05) is 22.2 Å². The van der Waals surface area contributed by atoms with Crippen molar-refractivity contribution in [2.24, 2.45) is 5.73 Å². The van der Waals surface area contributed by atoms with Crippen molar-refractivity contribution >= 4 is 22.4 Å². The van der Waals surface area contributed by atoms with Crippen molar-refractivity contribution in [3.05, 3.63) is 47.8 Å². The van der Waals surface area contributed by atoms with E-state index in [-0.39, 0.29) is 11.6 Å². The number of rotatable bonds is 6. The molecule has 3 aromatic heterocycles. The highest BCUT2D eigenvalue weighted by atomic mass is 19.1. The normalized spacial score (nSPS) is 11.8. The van der Waals surface area contributed by atoms with Gasteiger partial charge in [0.2, 0.25) is 5.88 Å². The van der Waals surface area contributed by atoms with Crippen LogP contribution in [0.1, 0.15) is 31.5 Å². The van der Waals surface area contributed by atoms with Crippen molar-refractivity contribution in [1.82, 2.24) is 19.6 Å². The van der Waals surface area contributed by atoms with E-state index in [4.69, 9.17) is 20.3 Å². The number of carboxylic acids is 1. The van der Waals surface area contributed by atoms with Gasteiger partial charge in [0.05, 0.1) is 12.8 Å². The summed E-state index contributed by atoms with van der Waals surface area (Å²) >= 11 is 0. The van der Waals surface area contributed by atoms with E-state index >= 15 is 0 Å². The van der Waals surface area contributed by atoms with Crippen LogP contribution >= 0.6 is 0 Å². The molecule has 1 aromatic carbocycles. The lowest BCUT2D eigenvalue weighted by Crippen LogP contribution is -2.25. The van der Waals surface area contributed by atoms with Crippen LogP contribution in [0.3, 0.4) is 0 Å². The largest absolute Gasteiger partial charge is 0.492 e. The molecule has 0 aliphatic heterocycles. The van der Waals surface area contributed by atoms with Crippen molar-refractivity contribution < 1.29 is 23.8 Å². The Morgan fingerprint density at radius 3 is 2.72 bits per heavy atom. The molecule has 9 nitrogen and oxygen atoms in total. The SMILES string of the molecule is CC(N)C(=O)O.CCCOc1cn2ncnc(Oc3ccc4[nH]c(C)cc4c3F)c2c1C. The molecular formula is C22H26FN5O4. The minimum Gasteiger partial charge on any atom is -0.492 e. The zero-order valence-electron chi connectivity index (χ0n) is 18.3. The minimum atomic E-state index is -0.963. The number of nitrogens with zero attached hydrogens (tertiary/aromatic N) is 3. The Morgan fingerprint density at radius 1 is 1.34 bits per heavy atom. The number of hydrogen-bond donors (Lipinski definition) is 3. The molecule has 0 saturated heterocycles. The van der Waals surface area contributed by atoms with Gasteiger partial charge >= 0.3 is 5.97 Å². The minimum absolute atomic E-state index is 0.119. The number of aromatic nitrogens is 4. The van der Waals surface area contributed by atoms with Crippen molar-refractivity contribution in [3.63, 3.8) is 0 Å². The summed E-state index contributed by atoms with van der Waals surface area (Å²) in [5, 5.41) is 12.6. The molecule has 0 aliphatic rings. The van der Waals surface area contributed by atoms with E-state index < -0.39 is 17.8 Å². The summed E-state index contributed by atoms with van der Waals surface area (Å²) < 4.78 is 28.0. The molecule has 0 saturated carbocycles. The van der Waals surface area contributed by atoms with E-state index in [1.165, 1.54) is 13.3 Å². The third-order valence-electron chi connectivity index (χ3n) is 4.64. The third-order valence-corrected chi connectivity index (χ3v) is 4.64. The number of carboxylic acid groups (broad SMARTS) is 1. The number of carbonyl (C=O) groups is 1. The number of hydrogen-bond acceptors (Lipinski definition) is 6. The molecule has 170 valence electrons. The predicted octanol–water partition coefficient (Wildman–Crippen LogP) is 3.97. The van der Waals surface area contributed by atoms with E-state index in [2.05, 4.69) is 15.1 Å². The van der Waals surface area contributed by atoms with Crippen molar-refractivity contribution in [2.45, 2.75) is 40.2 Å². The average molecular weight is 443 g/mol. The fourth-order valence-electron chi connectivity index (χ4n) is 3.01. The summed E-state index contributed by atoms with van der Waals surface area (Å²) in [4.78, 5) is 16.9. The molecule has 1 unspecified atom stereocenters. The molecule has 0 spiro atoms. The number of ether oxygens (including phenoxy) is 2. The van der Waals surface area contributed by atoms with Crippen molar-refractivity contribution in [3.8, 4) is 17.4 Å². The Balaban J connectivity index is 0.000000427. The smallest absolute Gasteiger partial charge is 0.320 e. The third kappa shape index (κ3) is 4.80. The molecule has 0 bridgehead atoms. The van der Waals surface area contributed by atoms with Gasteiger partial charge in [-0.1, -0.05) is 6.92 Å². The van der Waals surface area contributed by atoms with Gasteiger partial charge in [-0.3, -0.25) is 4.79 Å². The monoisotopic (exact) mass is 443 g/mol. The molecule has 10 heteroatoms. The van der Waals surface area contributed by atoms with Gasteiger partial charge in [-0.15, -0.1) is 0 Å². The highest BCUT2D eigenvalue weighted by molar-refractivity contribution is 5.83. The Bertz CT molecular complexity index is 1250. The number of aromatic amines is 1. The summed E-state index contributed by atoms with van der Waals surface area (Å²) in [5.41, 5.74) is 7.97. The molecule has 0 radical (unpaired) electrons. The van der Waals surface area contributed by atoms with Gasteiger partial charge in [-0.2, -0.15) is 10.1 Å². The fraction of sp³-hybridized carbons (Fsp3) is 0.318. The predicted molar refractivity (Wildman–Crippen MR) is 118 cm³/mol. The molecule has 0 amide bonds. The van der Waals surface area contributed by atoms with Crippen LogP contribution in [0.15, 0.2) is 30.7 Å². The zero-order valence-corrected chi connectivity index (χ0v) is 18.3. The molecule has 4 aromatic rings. The van der Waals surface area contributed by atoms with Gasteiger partial charge in [0.15, 0.2) is 11.6 Å². The summed E-state index contributed by atoms with van der Waals surface area (Å²) in [7, 11) is 0. The molecule has 0 fully saturated rings. The van der Waals surface area contributed by atoms with Gasteiger partial charge in [-0.25, -0.2) is 8.91 Å². The Hall–Kier alpha value is -3.66. The average Bonchev–Trinajstić information content (AvgIpc) is 3.29. The fourth-order valence-corrected chi connectivity index (χ4v) is 3.01. The highest BCUT2D eigenvalue weighted by Gasteiger charge is 2.18. The number of H-pyrrole nitrogens is 1. The van der Waals surface area contributed by atoms with Crippen LogP contribution in [0.4, 0.5) is 4.39 Å². The van der Waals surface area contributed by atoms with Crippen LogP contribution in [-0.2, 0) is 4.79 Å². The van der Waals surface area contributed by atoms with Crippen LogP contribution in [0.25, 0.3) is 16.4 Å². The second-order valence-corrected chi connectivity index (χ2v) is 7.35. The van der Waals surface area contributed by atoms with E-state index in [1.807, 2.05) is 20.8 Å². The van der Waals surface area contributed by atoms with Crippen molar-refractivity contribution in [1.29, 1.82) is 0 Å². The lowest BCUT2D eigenvalue weighted by molar-refractivity contribution is -0.138. The number of aliphatic carboxylic acids is 1. The Kier molecular flexibility index (Phi) is 6.94. The summed E-state index contributed by atoms with van der Waals surface area (Å²) in [6.07, 6.45) is 4.06. The first kappa shape index (κ1) is 23.0. The van der Waals surface area contributed by atoms with Gasteiger partial charge in [0.1, 0.15) is 23.6 Å². The maximum absolute atomic E-state index is 14.8. The number of halogens is 1. The highest BCUT2D eigenvalue weighted by Crippen LogP contribution is 2.34. The maximum atomic E-state index is 14.8. The molecular weight excluding hydrogens is 417 g/mol. The van der Waals surface area contributed by atoms with E-state index in [1.54, 1.807) is 28.9 Å². The summed E-state index contributed by atoms with van der Waals surface area (Å²) in [6, 6.07) is 4.41. The first-order valence-electron chi connectivity index (χ1n) is 10.1. The van der Waals surface area contributed by atoms with Gasteiger partial charge < -0.3 is 25.3 Å². The molecule has 0 aliphatic carbocycles. The Labute approximate surface area is 184 Å². The zero-order chi connectivity index (χ0) is 23.4. The molecule has 4 N–H and O–H groups in total. The first-order chi connectivity index (χ1) is 15.2. The number of nitrogens with two attached hydrogens (primary N) is 1. The van der Waals surface area contributed by atoms with Gasteiger partial charge in [0.25, 0.3) is 0 Å². The van der Waals surface area contributed by atoms with Crippen LogP contribution in [0.5, 0.6) is 17.4 Å². The summed E-state index contributed by atoms with van der Waals surface area (Å²) in [5.74, 6) is -0.261. The second kappa shape index (κ2) is 9.65. The van der Waals surface area contributed by atoms with Crippen LogP contribution in [0, 0.1) is 19.7 Å². The number of fused-ring (bicyclic) bond motifs is 2. The number of aryl methyl sites for hydroxylation is 2. The number of nitrogens with one attached hydrogen (secondary N) is 1. The topological polar surface area (TPSA) is 128 Å². The Morgan fingerprint density at radius 2 is 2.06 bits per heavy atom. The quantitative estimate of drug-likeness (QED) is 0.411. The number of benzene rings is 1. The van der Waals surface area contributed by atoms with E-state index in [9.17, 15) is 9.18 Å². The molecule has 1 atom stereocenters. The molecule has 4 rings (SSSR count). The van der Waals surface area contributed by atoms with Gasteiger partial charge in [-0.05, 0) is 45.4 Å². The standard InChI is InChI=1S/C19H19FN4O2.C3H7NO2/c1-4-7-25-16-9-24-18(12(16)3)19(21-10-22-24)26-15-6-5-14-13(17(15)20)8-11(2)23-14;1-2(4)3(5)6/h5-6,8-10,23H,4,7H2,1-3H3;2H,4H2,1H3,(H,5,6). The van der Waals surface area contributed by atoms with Crippen LogP contribution in [0.2, 0.25) is 0 Å².